The predicted molar refractivity (Wildman–Crippen MR) is 101 cm³/mol. The van der Waals surface area contributed by atoms with Crippen molar-refractivity contribution in [2.24, 2.45) is 0 Å². The summed E-state index contributed by atoms with van der Waals surface area (Å²) in [5.74, 6) is 0. The van der Waals surface area contributed by atoms with Crippen LogP contribution in [0.4, 0.5) is 0 Å². The van der Waals surface area contributed by atoms with Crippen LogP contribution in [0.15, 0.2) is 23.1 Å². The van der Waals surface area contributed by atoms with Gasteiger partial charge in [0, 0.05) is 44.5 Å². The van der Waals surface area contributed by atoms with Crippen molar-refractivity contribution in [3.63, 3.8) is 0 Å². The Hall–Kier alpha value is -1.79. The van der Waals surface area contributed by atoms with Gasteiger partial charge < -0.3 is 9.88 Å². The van der Waals surface area contributed by atoms with Gasteiger partial charge in [-0.15, -0.1) is 0 Å². The summed E-state index contributed by atoms with van der Waals surface area (Å²) < 4.78 is 0. The van der Waals surface area contributed by atoms with E-state index in [9.17, 15) is 4.79 Å². The van der Waals surface area contributed by atoms with Gasteiger partial charge in [0.15, 0.2) is 0 Å². The van der Waals surface area contributed by atoms with Crippen molar-refractivity contribution < 1.29 is 0 Å². The molecule has 2 aromatic rings. The molecule has 0 amide bonds. The second kappa shape index (κ2) is 7.40. The van der Waals surface area contributed by atoms with E-state index < -0.39 is 0 Å². The summed E-state index contributed by atoms with van der Waals surface area (Å²) in [6.45, 7) is 8.93. The fourth-order valence-electron chi connectivity index (χ4n) is 3.15. The van der Waals surface area contributed by atoms with Crippen molar-refractivity contribution in [1.29, 1.82) is 0 Å². The molecule has 0 bridgehead atoms. The molecule has 3 rings (SSSR count). The molecule has 0 saturated carbocycles. The van der Waals surface area contributed by atoms with Gasteiger partial charge in [0.05, 0.1) is 16.0 Å². The molecule has 1 saturated heterocycles. The van der Waals surface area contributed by atoms with Crippen LogP contribution in [0.25, 0.3) is 11.0 Å². The Morgan fingerprint density at radius 2 is 2.00 bits per heavy atom. The summed E-state index contributed by atoms with van der Waals surface area (Å²) in [6, 6.07) is 3.94. The van der Waals surface area contributed by atoms with Crippen LogP contribution in [0.5, 0.6) is 0 Å². The number of aromatic amines is 1. The Bertz CT molecular complexity index is 793. The van der Waals surface area contributed by atoms with E-state index in [4.69, 9.17) is 12.2 Å². The van der Waals surface area contributed by atoms with Crippen LogP contribution in [0, 0.1) is 0 Å². The second-order valence-electron chi connectivity index (χ2n) is 6.26. The van der Waals surface area contributed by atoms with E-state index in [0.717, 1.165) is 72.7 Å². The van der Waals surface area contributed by atoms with Gasteiger partial charge in [-0.1, -0.05) is 26.1 Å². The lowest BCUT2D eigenvalue weighted by atomic mass is 10.1. The van der Waals surface area contributed by atoms with Gasteiger partial charge in [0.25, 0.3) is 5.56 Å². The molecule has 2 aromatic heterocycles. The molecule has 0 atom stereocenters. The third kappa shape index (κ3) is 3.65. The molecular weight excluding hydrogens is 320 g/mol. The normalized spacial score (nSPS) is 15.8. The van der Waals surface area contributed by atoms with Gasteiger partial charge in [0.2, 0.25) is 0 Å². The molecular formula is C18H24N4OS. The third-order valence-electron chi connectivity index (χ3n) is 4.64. The molecule has 0 unspecified atom stereocenters. The van der Waals surface area contributed by atoms with E-state index in [-0.39, 0.29) is 5.56 Å². The number of aromatic nitrogens is 2. The summed E-state index contributed by atoms with van der Waals surface area (Å²) in [5.41, 5.74) is 3.58. The number of piperazine rings is 1. The summed E-state index contributed by atoms with van der Waals surface area (Å²) >= 11 is 5.39. The molecule has 128 valence electrons. The standard InChI is InChI=1S/C18H24N4OS/c1-3-14-10-15-16(20-18(14)23)9-13(11-19-15)12-21-5-7-22(8-6-21)17(24)4-2/h9-11H,3-8,12H2,1-2H3,(H,20,23). The highest BCUT2D eigenvalue weighted by Crippen LogP contribution is 2.14. The number of H-pyrrole nitrogens is 1. The number of pyridine rings is 2. The third-order valence-corrected chi connectivity index (χ3v) is 5.19. The first-order valence-corrected chi connectivity index (χ1v) is 9.02. The topological polar surface area (TPSA) is 52.2 Å². The van der Waals surface area contributed by atoms with Crippen molar-refractivity contribution in [1.82, 2.24) is 19.8 Å². The second-order valence-corrected chi connectivity index (χ2v) is 6.74. The minimum absolute atomic E-state index is 0.00866. The Balaban J connectivity index is 1.70. The van der Waals surface area contributed by atoms with E-state index in [0.29, 0.717) is 0 Å². The summed E-state index contributed by atoms with van der Waals surface area (Å²) in [6.07, 6.45) is 3.58. The van der Waals surface area contributed by atoms with E-state index >= 15 is 0 Å². The molecule has 5 nitrogen and oxygen atoms in total. The predicted octanol–water partition coefficient (Wildman–Crippen LogP) is 2.34. The van der Waals surface area contributed by atoms with E-state index in [2.05, 4.69) is 26.7 Å². The maximum absolute atomic E-state index is 12.0. The summed E-state index contributed by atoms with van der Waals surface area (Å²) in [7, 11) is 0. The molecule has 3 heterocycles. The van der Waals surface area contributed by atoms with Gasteiger partial charge in [-0.3, -0.25) is 14.7 Å². The van der Waals surface area contributed by atoms with Gasteiger partial charge in [0.1, 0.15) is 0 Å². The fourth-order valence-corrected chi connectivity index (χ4v) is 3.34. The van der Waals surface area contributed by atoms with Crippen LogP contribution in [-0.4, -0.2) is 50.9 Å². The molecule has 24 heavy (non-hydrogen) atoms. The number of nitrogens with zero attached hydrogens (tertiary/aromatic N) is 3. The maximum atomic E-state index is 12.0. The van der Waals surface area contributed by atoms with Crippen LogP contribution in [0.1, 0.15) is 31.4 Å². The Morgan fingerprint density at radius 3 is 2.67 bits per heavy atom. The average molecular weight is 344 g/mol. The lowest BCUT2D eigenvalue weighted by molar-refractivity contribution is 0.175. The highest BCUT2D eigenvalue weighted by molar-refractivity contribution is 7.80. The Kier molecular flexibility index (Phi) is 5.26. The van der Waals surface area contributed by atoms with Gasteiger partial charge >= 0.3 is 0 Å². The van der Waals surface area contributed by atoms with Crippen LogP contribution in [0.3, 0.4) is 0 Å². The van der Waals surface area contributed by atoms with Crippen molar-refractivity contribution in [3.05, 3.63) is 39.8 Å². The Morgan fingerprint density at radius 1 is 1.25 bits per heavy atom. The van der Waals surface area contributed by atoms with Crippen LogP contribution in [0.2, 0.25) is 0 Å². The zero-order valence-electron chi connectivity index (χ0n) is 14.3. The van der Waals surface area contributed by atoms with Crippen LogP contribution < -0.4 is 5.56 Å². The number of hydrogen-bond donors (Lipinski definition) is 1. The lowest BCUT2D eigenvalue weighted by Gasteiger charge is -2.36. The molecule has 6 heteroatoms. The molecule has 1 aliphatic rings. The summed E-state index contributed by atoms with van der Waals surface area (Å²) in [5, 5.41) is 0. The number of nitrogens with one attached hydrogen (secondary N) is 1. The smallest absolute Gasteiger partial charge is 0.251 e. The highest BCUT2D eigenvalue weighted by Gasteiger charge is 2.18. The molecule has 1 N–H and O–H groups in total. The van der Waals surface area contributed by atoms with Gasteiger partial charge in [-0.25, -0.2) is 0 Å². The highest BCUT2D eigenvalue weighted by atomic mass is 32.1. The minimum atomic E-state index is -0.00866. The van der Waals surface area contributed by atoms with Crippen LogP contribution in [-0.2, 0) is 13.0 Å². The molecule has 1 fully saturated rings. The zero-order valence-corrected chi connectivity index (χ0v) is 15.2. The zero-order chi connectivity index (χ0) is 17.1. The number of rotatable bonds is 4. The molecule has 0 radical (unpaired) electrons. The number of fused-ring (bicyclic) bond motifs is 1. The van der Waals surface area contributed by atoms with E-state index in [1.807, 2.05) is 25.3 Å². The summed E-state index contributed by atoms with van der Waals surface area (Å²) in [4.78, 5) is 25.2. The number of hydrogen-bond acceptors (Lipinski definition) is 4. The van der Waals surface area contributed by atoms with Crippen molar-refractivity contribution in [2.75, 3.05) is 26.2 Å². The molecule has 0 aliphatic carbocycles. The van der Waals surface area contributed by atoms with Crippen molar-refractivity contribution >= 4 is 28.2 Å². The van der Waals surface area contributed by atoms with Crippen molar-refractivity contribution in [3.8, 4) is 0 Å². The maximum Gasteiger partial charge on any atom is 0.251 e. The average Bonchev–Trinajstić information content (AvgIpc) is 2.61. The minimum Gasteiger partial charge on any atom is -0.364 e. The van der Waals surface area contributed by atoms with Crippen LogP contribution >= 0.6 is 12.2 Å². The van der Waals surface area contributed by atoms with Crippen molar-refractivity contribution in [2.45, 2.75) is 33.2 Å². The monoisotopic (exact) mass is 344 g/mol. The quantitative estimate of drug-likeness (QED) is 0.863. The fraction of sp³-hybridized carbons (Fsp3) is 0.500. The first kappa shape index (κ1) is 17.0. The number of aryl methyl sites for hydroxylation is 1. The molecule has 0 aromatic carbocycles. The van der Waals surface area contributed by atoms with Gasteiger partial charge in [-0.05, 0) is 30.5 Å². The SMILES string of the molecule is CCC(=S)N1CCN(Cc2cnc3cc(CC)c(=O)[nH]c3c2)CC1. The Labute approximate surface area is 147 Å². The van der Waals surface area contributed by atoms with Gasteiger partial charge in [-0.2, -0.15) is 0 Å². The molecule has 1 aliphatic heterocycles. The first-order chi connectivity index (χ1) is 11.6. The largest absolute Gasteiger partial charge is 0.364 e. The number of thiocarbonyl (C=S) groups is 1. The molecule has 0 spiro atoms. The van der Waals surface area contributed by atoms with E-state index in [1.54, 1.807) is 0 Å². The first-order valence-electron chi connectivity index (χ1n) is 8.61. The van der Waals surface area contributed by atoms with E-state index in [1.165, 1.54) is 0 Å². The lowest BCUT2D eigenvalue weighted by Crippen LogP contribution is -2.47.